The van der Waals surface area contributed by atoms with Crippen molar-refractivity contribution in [1.82, 2.24) is 10.9 Å². The van der Waals surface area contributed by atoms with Crippen LogP contribution in [0.3, 0.4) is 0 Å². The third-order valence-corrected chi connectivity index (χ3v) is 3.37. The first kappa shape index (κ1) is 12.6. The zero-order valence-electron chi connectivity index (χ0n) is 10.7. The van der Waals surface area contributed by atoms with Gasteiger partial charge in [0, 0.05) is 11.5 Å². The van der Waals surface area contributed by atoms with Crippen LogP contribution in [-0.2, 0) is 11.2 Å². The summed E-state index contributed by atoms with van der Waals surface area (Å²) in [5, 5.41) is 0. The fraction of sp³-hybridized carbons (Fsp3) is 0.429. The van der Waals surface area contributed by atoms with Gasteiger partial charge in [0.15, 0.2) is 0 Å². The summed E-state index contributed by atoms with van der Waals surface area (Å²) in [6.07, 6.45) is 1.85. The van der Waals surface area contributed by atoms with E-state index in [1.807, 2.05) is 19.1 Å². The fourth-order valence-electron chi connectivity index (χ4n) is 1.86. The molecule has 2 atom stereocenters. The van der Waals surface area contributed by atoms with Gasteiger partial charge in [0.05, 0.1) is 0 Å². The topological polar surface area (TPSA) is 58.2 Å². The minimum absolute atomic E-state index is 0.0627. The van der Waals surface area contributed by atoms with E-state index in [-0.39, 0.29) is 17.7 Å². The Morgan fingerprint density at radius 3 is 2.33 bits per heavy atom. The van der Waals surface area contributed by atoms with E-state index in [4.69, 9.17) is 0 Å². The first-order valence-corrected chi connectivity index (χ1v) is 6.31. The molecule has 0 aliphatic heterocycles. The molecule has 2 unspecified atom stereocenters. The molecule has 1 aromatic carbocycles. The molecular formula is C14H18N2O2. The minimum Gasteiger partial charge on any atom is -0.273 e. The predicted octanol–water partition coefficient (Wildman–Crippen LogP) is 1.67. The summed E-state index contributed by atoms with van der Waals surface area (Å²) in [5.74, 6) is 0.124. The Morgan fingerprint density at radius 2 is 1.83 bits per heavy atom. The van der Waals surface area contributed by atoms with Crippen molar-refractivity contribution in [2.24, 2.45) is 11.8 Å². The van der Waals surface area contributed by atoms with Crippen molar-refractivity contribution in [3.63, 3.8) is 0 Å². The van der Waals surface area contributed by atoms with Gasteiger partial charge in [-0.05, 0) is 36.5 Å². The molecule has 0 saturated heterocycles. The average molecular weight is 246 g/mol. The fourth-order valence-corrected chi connectivity index (χ4v) is 1.86. The number of nitrogens with one attached hydrogen (secondary N) is 2. The van der Waals surface area contributed by atoms with Crippen LogP contribution in [0, 0.1) is 11.8 Å². The van der Waals surface area contributed by atoms with Gasteiger partial charge in [-0.25, -0.2) is 0 Å². The maximum Gasteiger partial charge on any atom is 0.269 e. The number of benzene rings is 1. The van der Waals surface area contributed by atoms with E-state index in [9.17, 15) is 9.59 Å². The third kappa shape index (κ3) is 2.88. The molecule has 2 amide bonds. The van der Waals surface area contributed by atoms with E-state index in [1.54, 1.807) is 12.1 Å². The highest BCUT2D eigenvalue weighted by Crippen LogP contribution is 2.37. The van der Waals surface area contributed by atoms with E-state index in [1.165, 1.54) is 5.56 Å². The molecule has 2 N–H and O–H groups in total. The summed E-state index contributed by atoms with van der Waals surface area (Å²) in [5.41, 5.74) is 6.64. The van der Waals surface area contributed by atoms with Crippen LogP contribution >= 0.6 is 0 Å². The number of hydrogen-bond donors (Lipinski definition) is 2. The number of hydrogen-bond acceptors (Lipinski definition) is 2. The molecule has 0 radical (unpaired) electrons. The minimum atomic E-state index is -0.278. The Bertz CT molecular complexity index is 453. The van der Waals surface area contributed by atoms with Crippen LogP contribution in [0.5, 0.6) is 0 Å². The Morgan fingerprint density at radius 1 is 1.22 bits per heavy atom. The molecule has 4 nitrogen and oxygen atoms in total. The van der Waals surface area contributed by atoms with Gasteiger partial charge in [-0.2, -0.15) is 0 Å². The van der Waals surface area contributed by atoms with Gasteiger partial charge in [-0.3, -0.25) is 20.4 Å². The van der Waals surface area contributed by atoms with Crippen LogP contribution in [-0.4, -0.2) is 11.8 Å². The molecule has 1 aliphatic rings. The second-order valence-corrected chi connectivity index (χ2v) is 4.81. The predicted molar refractivity (Wildman–Crippen MR) is 68.7 cm³/mol. The quantitative estimate of drug-likeness (QED) is 0.797. The monoisotopic (exact) mass is 246 g/mol. The lowest BCUT2D eigenvalue weighted by Gasteiger charge is -2.07. The third-order valence-electron chi connectivity index (χ3n) is 3.37. The summed E-state index contributed by atoms with van der Waals surface area (Å²) in [6, 6.07) is 7.36. The Hall–Kier alpha value is -1.84. The average Bonchev–Trinajstić information content (AvgIpc) is 3.13. The van der Waals surface area contributed by atoms with Crippen molar-refractivity contribution in [3.8, 4) is 0 Å². The van der Waals surface area contributed by atoms with Gasteiger partial charge in [-0.1, -0.05) is 26.0 Å². The van der Waals surface area contributed by atoms with Crippen LogP contribution < -0.4 is 10.9 Å². The molecule has 1 saturated carbocycles. The van der Waals surface area contributed by atoms with Crippen molar-refractivity contribution in [3.05, 3.63) is 35.4 Å². The lowest BCUT2D eigenvalue weighted by molar-refractivity contribution is -0.123. The molecule has 0 bridgehead atoms. The molecule has 1 aliphatic carbocycles. The van der Waals surface area contributed by atoms with Crippen LogP contribution in [0.15, 0.2) is 24.3 Å². The molecular weight excluding hydrogens is 228 g/mol. The summed E-state index contributed by atoms with van der Waals surface area (Å²) in [6.45, 7) is 4.08. The second kappa shape index (κ2) is 5.21. The lowest BCUT2D eigenvalue weighted by atomic mass is 10.1. The van der Waals surface area contributed by atoms with Gasteiger partial charge in [0.2, 0.25) is 5.91 Å². The highest BCUT2D eigenvalue weighted by molar-refractivity contribution is 5.95. The van der Waals surface area contributed by atoms with Gasteiger partial charge in [0.1, 0.15) is 0 Å². The maximum absolute atomic E-state index is 11.7. The molecule has 1 aromatic rings. The molecule has 0 heterocycles. The molecule has 18 heavy (non-hydrogen) atoms. The van der Waals surface area contributed by atoms with Crippen LogP contribution in [0.25, 0.3) is 0 Å². The summed E-state index contributed by atoms with van der Waals surface area (Å²) in [4.78, 5) is 23.3. The van der Waals surface area contributed by atoms with Crippen molar-refractivity contribution in [2.45, 2.75) is 26.7 Å². The summed E-state index contributed by atoms with van der Waals surface area (Å²) < 4.78 is 0. The van der Waals surface area contributed by atoms with E-state index in [0.29, 0.717) is 11.5 Å². The summed E-state index contributed by atoms with van der Waals surface area (Å²) in [7, 11) is 0. The Balaban J connectivity index is 1.85. The number of amides is 2. The smallest absolute Gasteiger partial charge is 0.269 e. The van der Waals surface area contributed by atoms with Crippen molar-refractivity contribution < 1.29 is 9.59 Å². The largest absolute Gasteiger partial charge is 0.273 e. The van der Waals surface area contributed by atoms with Crippen LogP contribution in [0.4, 0.5) is 0 Å². The maximum atomic E-state index is 11.7. The van der Waals surface area contributed by atoms with E-state index < -0.39 is 0 Å². The highest BCUT2D eigenvalue weighted by Gasteiger charge is 2.39. The zero-order valence-corrected chi connectivity index (χ0v) is 10.7. The van der Waals surface area contributed by atoms with Crippen molar-refractivity contribution in [1.29, 1.82) is 0 Å². The molecule has 1 fully saturated rings. The zero-order chi connectivity index (χ0) is 13.1. The Kier molecular flexibility index (Phi) is 3.65. The molecule has 0 aromatic heterocycles. The highest BCUT2D eigenvalue weighted by atomic mass is 16.2. The number of aryl methyl sites for hydroxylation is 1. The normalized spacial score (nSPS) is 21.2. The van der Waals surface area contributed by atoms with Crippen LogP contribution in [0.1, 0.15) is 36.2 Å². The van der Waals surface area contributed by atoms with Crippen LogP contribution in [0.2, 0.25) is 0 Å². The number of carbonyl (C=O) groups excluding carboxylic acids is 2. The summed E-state index contributed by atoms with van der Waals surface area (Å²) >= 11 is 0. The van der Waals surface area contributed by atoms with Gasteiger partial charge in [-0.15, -0.1) is 0 Å². The Labute approximate surface area is 107 Å². The molecule has 2 rings (SSSR count). The second-order valence-electron chi connectivity index (χ2n) is 4.81. The van der Waals surface area contributed by atoms with Gasteiger partial charge < -0.3 is 0 Å². The molecule has 4 heteroatoms. The lowest BCUT2D eigenvalue weighted by Crippen LogP contribution is -2.42. The first-order valence-electron chi connectivity index (χ1n) is 6.31. The standard InChI is InChI=1S/C14H18N2O2/c1-3-10-4-6-11(7-5-10)13(17)15-16-14(18)12-8-9(12)2/h4-7,9,12H,3,8H2,1-2H3,(H,15,17)(H,16,18). The van der Waals surface area contributed by atoms with Gasteiger partial charge >= 0.3 is 0 Å². The van der Waals surface area contributed by atoms with Gasteiger partial charge in [0.25, 0.3) is 5.91 Å². The molecule has 0 spiro atoms. The number of hydrazine groups is 1. The first-order chi connectivity index (χ1) is 8.61. The van der Waals surface area contributed by atoms with E-state index >= 15 is 0 Å². The number of carbonyl (C=O) groups is 2. The van der Waals surface area contributed by atoms with Crippen molar-refractivity contribution >= 4 is 11.8 Å². The number of rotatable bonds is 3. The molecule has 96 valence electrons. The SMILES string of the molecule is CCc1ccc(C(=O)NNC(=O)C2CC2C)cc1. The van der Waals surface area contributed by atoms with Crippen molar-refractivity contribution in [2.75, 3.05) is 0 Å². The van der Waals surface area contributed by atoms with E-state index in [0.717, 1.165) is 12.8 Å². The van der Waals surface area contributed by atoms with E-state index in [2.05, 4.69) is 17.8 Å².